The van der Waals surface area contributed by atoms with Gasteiger partial charge in [0.05, 0.1) is 6.61 Å². The number of aromatic nitrogens is 1. The minimum atomic E-state index is 0.769. The fourth-order valence-electron chi connectivity index (χ4n) is 1.47. The lowest BCUT2D eigenvalue weighted by Gasteiger charge is -2.02. The van der Waals surface area contributed by atoms with Gasteiger partial charge in [0.15, 0.2) is 0 Å². The van der Waals surface area contributed by atoms with Crippen molar-refractivity contribution in [3.05, 3.63) is 41.4 Å². The number of ether oxygens (including phenoxy) is 1. The van der Waals surface area contributed by atoms with Crippen LogP contribution in [0, 0.1) is 0 Å². The Kier molecular flexibility index (Phi) is 3.48. The molecule has 0 aliphatic rings. The van der Waals surface area contributed by atoms with Gasteiger partial charge in [-0.3, -0.25) is 0 Å². The Labute approximate surface area is 93.7 Å². The van der Waals surface area contributed by atoms with Crippen LogP contribution in [0.2, 0.25) is 0 Å². The summed E-state index contributed by atoms with van der Waals surface area (Å²) in [6, 6.07) is 8.52. The highest BCUT2D eigenvalue weighted by Crippen LogP contribution is 2.21. The average molecular weight is 219 g/mol. The fraction of sp³-hybridized carbons (Fsp3) is 0.250. The van der Waals surface area contributed by atoms with Crippen LogP contribution in [-0.4, -0.2) is 18.1 Å². The molecule has 0 unspecified atom stereocenters. The van der Waals surface area contributed by atoms with Crippen molar-refractivity contribution in [2.45, 2.75) is 6.42 Å². The second-order valence-electron chi connectivity index (χ2n) is 3.36. The van der Waals surface area contributed by atoms with Gasteiger partial charge in [0.2, 0.25) is 0 Å². The molecule has 78 valence electrons. The molecule has 2 rings (SSSR count). The van der Waals surface area contributed by atoms with E-state index < -0.39 is 0 Å². The molecule has 2 aromatic rings. The molecule has 0 saturated carbocycles. The molecule has 1 aromatic carbocycles. The quantitative estimate of drug-likeness (QED) is 0.788. The third-order valence-electron chi connectivity index (χ3n) is 2.29. The zero-order valence-electron chi connectivity index (χ0n) is 8.64. The molecule has 3 heteroatoms. The Hall–Kier alpha value is -1.19. The van der Waals surface area contributed by atoms with Gasteiger partial charge in [-0.05, 0) is 29.1 Å². The molecule has 0 amide bonds. The highest BCUT2D eigenvalue weighted by Gasteiger charge is 2.00. The molecule has 0 aliphatic heterocycles. The molecule has 2 nitrogen and oxygen atoms in total. The van der Waals surface area contributed by atoms with E-state index in [2.05, 4.69) is 34.0 Å². The number of rotatable bonds is 4. The van der Waals surface area contributed by atoms with Gasteiger partial charge in [0.1, 0.15) is 0 Å². The summed E-state index contributed by atoms with van der Waals surface area (Å²) < 4.78 is 9.17. The Balaban J connectivity index is 2.19. The first-order valence-electron chi connectivity index (χ1n) is 4.88. The molecule has 0 bridgehead atoms. The lowest BCUT2D eigenvalue weighted by atomic mass is 10.1. The topological polar surface area (TPSA) is 22.1 Å². The minimum Gasteiger partial charge on any atom is -0.384 e. The Morgan fingerprint density at radius 3 is 3.00 bits per heavy atom. The zero-order valence-corrected chi connectivity index (χ0v) is 9.46. The van der Waals surface area contributed by atoms with E-state index in [-0.39, 0.29) is 0 Å². The summed E-state index contributed by atoms with van der Waals surface area (Å²) >= 11 is 1.48. The van der Waals surface area contributed by atoms with E-state index >= 15 is 0 Å². The van der Waals surface area contributed by atoms with Crippen LogP contribution >= 0.6 is 11.5 Å². The number of benzene rings is 1. The predicted molar refractivity (Wildman–Crippen MR) is 63.1 cm³/mol. The van der Waals surface area contributed by atoms with Crippen LogP contribution in [0.1, 0.15) is 5.56 Å². The van der Waals surface area contributed by atoms with E-state index in [1.165, 1.54) is 28.2 Å². The summed E-state index contributed by atoms with van der Waals surface area (Å²) in [5.74, 6) is 0. The Morgan fingerprint density at radius 2 is 2.27 bits per heavy atom. The van der Waals surface area contributed by atoms with E-state index in [0.717, 1.165) is 13.0 Å². The smallest absolute Gasteiger partial charge is 0.0502 e. The molecule has 0 radical (unpaired) electrons. The minimum absolute atomic E-state index is 0.769. The van der Waals surface area contributed by atoms with Gasteiger partial charge in [-0.2, -0.15) is 0 Å². The highest BCUT2D eigenvalue weighted by atomic mass is 32.1. The van der Waals surface area contributed by atoms with Crippen molar-refractivity contribution in [3.8, 4) is 11.1 Å². The maximum Gasteiger partial charge on any atom is 0.0502 e. The van der Waals surface area contributed by atoms with Crippen molar-refractivity contribution in [2.75, 3.05) is 13.7 Å². The number of hydrogen-bond acceptors (Lipinski definition) is 3. The third-order valence-corrected chi connectivity index (χ3v) is 2.87. The van der Waals surface area contributed by atoms with Gasteiger partial charge in [-0.15, -0.1) is 0 Å². The maximum atomic E-state index is 5.07. The SMILES string of the molecule is COCCc1cccc(-c2cnsc2)c1. The molecule has 0 spiro atoms. The van der Waals surface area contributed by atoms with E-state index in [4.69, 9.17) is 4.74 Å². The molecule has 0 N–H and O–H groups in total. The maximum absolute atomic E-state index is 5.07. The van der Waals surface area contributed by atoms with Crippen molar-refractivity contribution < 1.29 is 4.74 Å². The Morgan fingerprint density at radius 1 is 1.33 bits per heavy atom. The first-order chi connectivity index (χ1) is 7.40. The number of methoxy groups -OCH3 is 1. The van der Waals surface area contributed by atoms with E-state index in [0.29, 0.717) is 0 Å². The first-order valence-corrected chi connectivity index (χ1v) is 5.71. The van der Waals surface area contributed by atoms with Crippen LogP contribution in [0.4, 0.5) is 0 Å². The monoisotopic (exact) mass is 219 g/mol. The summed E-state index contributed by atoms with van der Waals surface area (Å²) in [4.78, 5) is 0. The molecule has 15 heavy (non-hydrogen) atoms. The number of hydrogen-bond donors (Lipinski definition) is 0. The van der Waals surface area contributed by atoms with Gasteiger partial charge in [0, 0.05) is 24.3 Å². The van der Waals surface area contributed by atoms with Gasteiger partial charge >= 0.3 is 0 Å². The van der Waals surface area contributed by atoms with E-state index in [1.54, 1.807) is 7.11 Å². The molecule has 0 saturated heterocycles. The number of nitrogens with zero attached hydrogens (tertiary/aromatic N) is 1. The van der Waals surface area contributed by atoms with Gasteiger partial charge in [-0.25, -0.2) is 4.37 Å². The average Bonchev–Trinajstić information content (AvgIpc) is 2.80. The van der Waals surface area contributed by atoms with Crippen LogP contribution in [0.15, 0.2) is 35.8 Å². The van der Waals surface area contributed by atoms with Gasteiger partial charge in [0.25, 0.3) is 0 Å². The summed E-state index contributed by atoms with van der Waals surface area (Å²) in [7, 11) is 1.73. The first kappa shape index (κ1) is 10.3. The van der Waals surface area contributed by atoms with Gasteiger partial charge in [-0.1, -0.05) is 24.3 Å². The molecular formula is C12H13NOS. The van der Waals surface area contributed by atoms with Crippen LogP contribution in [0.3, 0.4) is 0 Å². The lowest BCUT2D eigenvalue weighted by Crippen LogP contribution is -1.94. The normalized spacial score (nSPS) is 10.5. The second-order valence-corrected chi connectivity index (χ2v) is 4.01. The van der Waals surface area contributed by atoms with Gasteiger partial charge < -0.3 is 4.74 Å². The lowest BCUT2D eigenvalue weighted by molar-refractivity contribution is 0.202. The molecule has 1 aromatic heterocycles. The molecule has 0 atom stereocenters. The Bertz CT molecular complexity index is 411. The highest BCUT2D eigenvalue weighted by molar-refractivity contribution is 7.03. The second kappa shape index (κ2) is 5.05. The van der Waals surface area contributed by atoms with Crippen LogP contribution in [0.25, 0.3) is 11.1 Å². The van der Waals surface area contributed by atoms with Crippen LogP contribution < -0.4 is 0 Å². The van der Waals surface area contributed by atoms with Crippen LogP contribution in [-0.2, 0) is 11.2 Å². The summed E-state index contributed by atoms with van der Waals surface area (Å²) in [6.07, 6.45) is 2.86. The predicted octanol–water partition coefficient (Wildman–Crippen LogP) is 3.00. The van der Waals surface area contributed by atoms with E-state index in [9.17, 15) is 0 Å². The fourth-order valence-corrected chi connectivity index (χ4v) is 2.02. The van der Waals surface area contributed by atoms with Crippen molar-refractivity contribution in [3.63, 3.8) is 0 Å². The molecule has 1 heterocycles. The van der Waals surface area contributed by atoms with Crippen molar-refractivity contribution in [1.82, 2.24) is 4.37 Å². The van der Waals surface area contributed by atoms with Crippen molar-refractivity contribution >= 4 is 11.5 Å². The summed E-state index contributed by atoms with van der Waals surface area (Å²) in [6.45, 7) is 0.769. The third kappa shape index (κ3) is 2.64. The summed E-state index contributed by atoms with van der Waals surface area (Å²) in [5.41, 5.74) is 3.73. The molecule has 0 aliphatic carbocycles. The standard InChI is InChI=1S/C12H13NOS/c1-14-6-5-10-3-2-4-11(7-10)12-8-13-15-9-12/h2-4,7-9H,5-6H2,1H3. The summed E-state index contributed by atoms with van der Waals surface area (Å²) in [5, 5.41) is 2.06. The molecule has 0 fully saturated rings. The zero-order chi connectivity index (χ0) is 10.5. The molecular weight excluding hydrogens is 206 g/mol. The van der Waals surface area contributed by atoms with Crippen molar-refractivity contribution in [2.24, 2.45) is 0 Å². The van der Waals surface area contributed by atoms with E-state index in [1.807, 2.05) is 6.20 Å². The largest absolute Gasteiger partial charge is 0.384 e. The van der Waals surface area contributed by atoms with Crippen LogP contribution in [0.5, 0.6) is 0 Å². The van der Waals surface area contributed by atoms with Crippen molar-refractivity contribution in [1.29, 1.82) is 0 Å².